The Morgan fingerprint density at radius 2 is 2.16 bits per heavy atom. The minimum atomic E-state index is -0.875. The van der Waals surface area contributed by atoms with Crippen LogP contribution in [0.5, 0.6) is 0 Å². The van der Waals surface area contributed by atoms with Crippen LogP contribution < -0.4 is 5.43 Å². The van der Waals surface area contributed by atoms with Crippen LogP contribution in [0.25, 0.3) is 0 Å². The first-order valence-corrected chi connectivity index (χ1v) is 6.68. The van der Waals surface area contributed by atoms with Crippen molar-refractivity contribution in [2.24, 2.45) is 5.10 Å². The van der Waals surface area contributed by atoms with E-state index in [2.05, 4.69) is 15.5 Å². The lowest BCUT2D eigenvalue weighted by Gasteiger charge is -2.03. The average molecular weight is 281 g/mol. The zero-order chi connectivity index (χ0) is 13.8. The third-order valence-electron chi connectivity index (χ3n) is 2.56. The van der Waals surface area contributed by atoms with Crippen LogP contribution in [0.1, 0.15) is 23.7 Å². The molecule has 0 aliphatic carbocycles. The molecule has 0 atom stereocenters. The SMILES string of the molecule is CCc1ccc(C=NNc2nc(C)cs2)c(F)c1F. The maximum atomic E-state index is 13.7. The van der Waals surface area contributed by atoms with Crippen molar-refractivity contribution < 1.29 is 8.78 Å². The molecule has 0 spiro atoms. The molecule has 6 heteroatoms. The molecule has 0 fully saturated rings. The zero-order valence-corrected chi connectivity index (χ0v) is 11.4. The monoisotopic (exact) mass is 281 g/mol. The summed E-state index contributed by atoms with van der Waals surface area (Å²) < 4.78 is 27.2. The fourth-order valence-corrected chi connectivity index (χ4v) is 2.18. The Morgan fingerprint density at radius 3 is 2.79 bits per heavy atom. The first-order valence-electron chi connectivity index (χ1n) is 5.80. The number of anilines is 1. The highest BCUT2D eigenvalue weighted by Crippen LogP contribution is 2.16. The zero-order valence-electron chi connectivity index (χ0n) is 10.6. The number of hydrogen-bond acceptors (Lipinski definition) is 4. The van der Waals surface area contributed by atoms with Gasteiger partial charge in [-0.2, -0.15) is 5.10 Å². The Bertz CT molecular complexity index is 608. The Morgan fingerprint density at radius 1 is 1.37 bits per heavy atom. The lowest BCUT2D eigenvalue weighted by atomic mass is 10.1. The van der Waals surface area contributed by atoms with Crippen molar-refractivity contribution in [3.8, 4) is 0 Å². The first kappa shape index (κ1) is 13.6. The van der Waals surface area contributed by atoms with Gasteiger partial charge in [0.25, 0.3) is 0 Å². The average Bonchev–Trinajstić information content (AvgIpc) is 2.81. The second kappa shape index (κ2) is 5.88. The molecule has 3 nitrogen and oxygen atoms in total. The van der Waals surface area contributed by atoms with Gasteiger partial charge < -0.3 is 0 Å². The minimum absolute atomic E-state index is 0.107. The van der Waals surface area contributed by atoms with Crippen molar-refractivity contribution >= 4 is 22.7 Å². The molecule has 19 heavy (non-hydrogen) atoms. The molecule has 100 valence electrons. The van der Waals surface area contributed by atoms with Gasteiger partial charge in [0.15, 0.2) is 11.6 Å². The molecule has 0 bridgehead atoms. The molecule has 0 radical (unpaired) electrons. The molecule has 1 aromatic carbocycles. The minimum Gasteiger partial charge on any atom is -0.253 e. The van der Waals surface area contributed by atoms with Crippen molar-refractivity contribution in [2.75, 3.05) is 5.43 Å². The van der Waals surface area contributed by atoms with Crippen LogP contribution in [0, 0.1) is 18.6 Å². The summed E-state index contributed by atoms with van der Waals surface area (Å²) in [7, 11) is 0. The number of hydrogen-bond donors (Lipinski definition) is 1. The van der Waals surface area contributed by atoms with E-state index in [-0.39, 0.29) is 5.56 Å². The highest BCUT2D eigenvalue weighted by Gasteiger charge is 2.10. The summed E-state index contributed by atoms with van der Waals surface area (Å²) in [6.07, 6.45) is 1.70. The number of thiazole rings is 1. The molecule has 0 aliphatic heterocycles. The summed E-state index contributed by atoms with van der Waals surface area (Å²) >= 11 is 1.39. The van der Waals surface area contributed by atoms with Crippen molar-refractivity contribution in [2.45, 2.75) is 20.3 Å². The molecule has 0 amide bonds. The lowest BCUT2D eigenvalue weighted by Crippen LogP contribution is -1.99. The third kappa shape index (κ3) is 3.14. The van der Waals surface area contributed by atoms with E-state index < -0.39 is 11.6 Å². The van der Waals surface area contributed by atoms with E-state index in [1.165, 1.54) is 23.6 Å². The molecular weight excluding hydrogens is 268 g/mol. The maximum absolute atomic E-state index is 13.7. The highest BCUT2D eigenvalue weighted by atomic mass is 32.1. The Hall–Kier alpha value is -1.82. The second-order valence-corrected chi connectivity index (χ2v) is 4.82. The molecule has 1 heterocycles. The molecule has 2 aromatic rings. The van der Waals surface area contributed by atoms with Gasteiger partial charge in [-0.25, -0.2) is 13.8 Å². The van der Waals surface area contributed by atoms with E-state index in [0.717, 1.165) is 5.69 Å². The van der Waals surface area contributed by atoms with Crippen LogP contribution in [0.3, 0.4) is 0 Å². The predicted octanol–water partition coefficient (Wildman–Crippen LogP) is 3.74. The van der Waals surface area contributed by atoms with Crippen molar-refractivity contribution in [3.05, 3.63) is 46.0 Å². The summed E-state index contributed by atoms with van der Waals surface area (Å²) in [4.78, 5) is 4.14. The fourth-order valence-electron chi connectivity index (χ4n) is 1.54. The van der Waals surface area contributed by atoms with Crippen LogP contribution in [0.15, 0.2) is 22.6 Å². The van der Waals surface area contributed by atoms with Crippen LogP contribution in [-0.2, 0) is 6.42 Å². The second-order valence-electron chi connectivity index (χ2n) is 3.96. The quantitative estimate of drug-likeness (QED) is 0.684. The van der Waals surface area contributed by atoms with E-state index in [1.54, 1.807) is 13.0 Å². The van der Waals surface area contributed by atoms with Crippen molar-refractivity contribution in [1.29, 1.82) is 0 Å². The topological polar surface area (TPSA) is 37.3 Å². The van der Waals surface area contributed by atoms with Gasteiger partial charge in [-0.1, -0.05) is 13.0 Å². The molecular formula is C13H13F2N3S. The molecule has 0 saturated heterocycles. The summed E-state index contributed by atoms with van der Waals surface area (Å²) in [5.41, 5.74) is 4.02. The third-order valence-corrected chi connectivity index (χ3v) is 3.42. The van der Waals surface area contributed by atoms with Gasteiger partial charge in [-0.05, 0) is 25.0 Å². The number of benzene rings is 1. The van der Waals surface area contributed by atoms with Gasteiger partial charge in [0.05, 0.1) is 11.9 Å². The van der Waals surface area contributed by atoms with E-state index in [9.17, 15) is 8.78 Å². The van der Waals surface area contributed by atoms with Crippen LogP contribution in [0.4, 0.5) is 13.9 Å². The molecule has 2 rings (SSSR count). The van der Waals surface area contributed by atoms with Crippen LogP contribution in [0.2, 0.25) is 0 Å². The Labute approximate surface area is 114 Å². The predicted molar refractivity (Wildman–Crippen MR) is 73.8 cm³/mol. The van der Waals surface area contributed by atoms with E-state index in [4.69, 9.17) is 0 Å². The first-order chi connectivity index (χ1) is 9.11. The number of aryl methyl sites for hydroxylation is 2. The number of nitrogens with zero attached hydrogens (tertiary/aromatic N) is 2. The number of nitrogens with one attached hydrogen (secondary N) is 1. The van der Waals surface area contributed by atoms with Gasteiger partial charge in [0.2, 0.25) is 5.13 Å². The Balaban J connectivity index is 2.13. The number of rotatable bonds is 4. The molecule has 0 saturated carbocycles. The number of halogens is 2. The summed E-state index contributed by atoms with van der Waals surface area (Å²) in [5, 5.41) is 6.33. The summed E-state index contributed by atoms with van der Waals surface area (Å²) in [6.45, 7) is 3.64. The van der Waals surface area contributed by atoms with Crippen molar-refractivity contribution in [3.63, 3.8) is 0 Å². The van der Waals surface area contributed by atoms with Crippen LogP contribution >= 0.6 is 11.3 Å². The van der Waals surface area contributed by atoms with E-state index in [1.807, 2.05) is 12.3 Å². The van der Waals surface area contributed by atoms with Gasteiger partial charge in [0, 0.05) is 10.9 Å². The molecule has 1 aromatic heterocycles. The van der Waals surface area contributed by atoms with Crippen molar-refractivity contribution in [1.82, 2.24) is 4.98 Å². The lowest BCUT2D eigenvalue weighted by molar-refractivity contribution is 0.499. The molecule has 0 aliphatic rings. The standard InChI is InChI=1S/C13H13F2N3S/c1-3-9-4-5-10(12(15)11(9)14)6-16-18-13-17-8(2)7-19-13/h4-7H,3H2,1-2H3,(H,17,18). The van der Waals surface area contributed by atoms with E-state index in [0.29, 0.717) is 17.1 Å². The smallest absolute Gasteiger partial charge is 0.203 e. The number of aromatic nitrogens is 1. The van der Waals surface area contributed by atoms with Gasteiger partial charge >= 0.3 is 0 Å². The van der Waals surface area contributed by atoms with Gasteiger partial charge in [-0.3, -0.25) is 5.43 Å². The number of hydrazone groups is 1. The molecule has 1 N–H and O–H groups in total. The highest BCUT2D eigenvalue weighted by molar-refractivity contribution is 7.13. The Kier molecular flexibility index (Phi) is 4.21. The summed E-state index contributed by atoms with van der Waals surface area (Å²) in [6, 6.07) is 3.07. The van der Waals surface area contributed by atoms with Crippen LogP contribution in [-0.4, -0.2) is 11.2 Å². The molecule has 0 unspecified atom stereocenters. The van der Waals surface area contributed by atoms with Gasteiger partial charge in [0.1, 0.15) is 0 Å². The van der Waals surface area contributed by atoms with Gasteiger partial charge in [-0.15, -0.1) is 11.3 Å². The van der Waals surface area contributed by atoms with E-state index >= 15 is 0 Å². The normalized spacial score (nSPS) is 11.2. The maximum Gasteiger partial charge on any atom is 0.203 e. The fraction of sp³-hybridized carbons (Fsp3) is 0.231. The largest absolute Gasteiger partial charge is 0.253 e. The summed E-state index contributed by atoms with van der Waals surface area (Å²) in [5.74, 6) is -1.68.